The molecule has 8 heteroatoms. The van der Waals surface area contributed by atoms with Gasteiger partial charge in [-0.25, -0.2) is 0 Å². The van der Waals surface area contributed by atoms with Crippen LogP contribution >= 0.6 is 11.6 Å². The Balaban J connectivity index is 1.65. The molecule has 0 saturated carbocycles. The van der Waals surface area contributed by atoms with Crippen molar-refractivity contribution in [2.45, 2.75) is 45.6 Å². The van der Waals surface area contributed by atoms with E-state index in [9.17, 15) is 14.4 Å². The normalized spacial score (nSPS) is 26.0. The minimum Gasteiger partial charge on any atom is -0.372 e. The van der Waals surface area contributed by atoms with Crippen molar-refractivity contribution < 1.29 is 19.1 Å². The third kappa shape index (κ3) is 4.47. The molecule has 1 aromatic carbocycles. The Kier molecular flexibility index (Phi) is 6.25. The van der Waals surface area contributed by atoms with Crippen molar-refractivity contribution in [1.82, 2.24) is 14.7 Å². The number of carbonyl (C=O) groups excluding carboxylic acids is 3. The van der Waals surface area contributed by atoms with Gasteiger partial charge in [0.1, 0.15) is 19.1 Å². The number of benzene rings is 1. The predicted octanol–water partition coefficient (Wildman–Crippen LogP) is 1.54. The first-order chi connectivity index (χ1) is 13.3. The summed E-state index contributed by atoms with van der Waals surface area (Å²) in [6.45, 7) is 6.61. The van der Waals surface area contributed by atoms with Gasteiger partial charge < -0.3 is 19.4 Å². The minimum absolute atomic E-state index is 0.0464. The standard InChI is InChI=1S/C20H26ClN3O4/c1-13-8-22(9-14(2)28-13)18(25)12-24-15(3)20(27)23(11-19(24)26)10-16-6-4-5-7-17(16)21/h4-7,13-15H,8-12H2,1-3H3/t13-,14+,15-/m0/s1. The molecule has 0 aliphatic carbocycles. The van der Waals surface area contributed by atoms with E-state index in [0.29, 0.717) is 18.1 Å². The van der Waals surface area contributed by atoms with Gasteiger partial charge in [-0.3, -0.25) is 14.4 Å². The quantitative estimate of drug-likeness (QED) is 0.759. The Morgan fingerprint density at radius 1 is 1.14 bits per heavy atom. The average Bonchev–Trinajstić information content (AvgIpc) is 2.64. The molecule has 0 N–H and O–H groups in total. The minimum atomic E-state index is -0.691. The van der Waals surface area contributed by atoms with Gasteiger partial charge >= 0.3 is 0 Å². The van der Waals surface area contributed by atoms with E-state index in [1.807, 2.05) is 32.0 Å². The summed E-state index contributed by atoms with van der Waals surface area (Å²) in [6, 6.07) is 6.56. The lowest BCUT2D eigenvalue weighted by Gasteiger charge is -2.40. The van der Waals surface area contributed by atoms with Crippen LogP contribution in [-0.4, -0.2) is 76.9 Å². The fourth-order valence-electron chi connectivity index (χ4n) is 3.76. The summed E-state index contributed by atoms with van der Waals surface area (Å²) in [6.07, 6.45) is -0.0927. The van der Waals surface area contributed by atoms with Crippen molar-refractivity contribution in [3.63, 3.8) is 0 Å². The molecule has 0 aromatic heterocycles. The zero-order valence-corrected chi connectivity index (χ0v) is 17.2. The van der Waals surface area contributed by atoms with Crippen LogP contribution in [0.5, 0.6) is 0 Å². The molecule has 152 valence electrons. The first-order valence-corrected chi connectivity index (χ1v) is 9.89. The number of piperazine rings is 1. The fraction of sp³-hybridized carbons (Fsp3) is 0.550. The highest BCUT2D eigenvalue weighted by Crippen LogP contribution is 2.21. The SMILES string of the molecule is C[C@@H]1CN(C(=O)CN2C(=O)CN(Cc3ccccc3Cl)C(=O)[C@@H]2C)C[C@H](C)O1. The van der Waals surface area contributed by atoms with Gasteiger partial charge in [0.15, 0.2) is 0 Å². The number of hydrogen-bond donors (Lipinski definition) is 0. The summed E-state index contributed by atoms with van der Waals surface area (Å²) in [5.74, 6) is -0.576. The van der Waals surface area contributed by atoms with Crippen molar-refractivity contribution >= 4 is 29.3 Å². The highest BCUT2D eigenvalue weighted by Gasteiger charge is 2.38. The molecule has 2 aliphatic rings. The number of ether oxygens (including phenoxy) is 1. The zero-order chi connectivity index (χ0) is 20.4. The van der Waals surface area contributed by atoms with Crippen LogP contribution in [0.1, 0.15) is 26.3 Å². The Morgan fingerprint density at radius 2 is 1.79 bits per heavy atom. The average molecular weight is 408 g/mol. The third-order valence-corrected chi connectivity index (χ3v) is 5.55. The van der Waals surface area contributed by atoms with Gasteiger partial charge in [-0.15, -0.1) is 0 Å². The molecule has 2 fully saturated rings. The van der Waals surface area contributed by atoms with E-state index in [2.05, 4.69) is 0 Å². The van der Waals surface area contributed by atoms with Gasteiger partial charge in [0.2, 0.25) is 17.7 Å². The summed E-state index contributed by atoms with van der Waals surface area (Å²) < 4.78 is 5.65. The Hall–Kier alpha value is -2.12. The van der Waals surface area contributed by atoms with Gasteiger partial charge in [-0.1, -0.05) is 29.8 Å². The molecule has 3 amide bonds. The second kappa shape index (κ2) is 8.49. The van der Waals surface area contributed by atoms with Crippen LogP contribution in [0.3, 0.4) is 0 Å². The van der Waals surface area contributed by atoms with Crippen LogP contribution in [-0.2, 0) is 25.7 Å². The maximum absolute atomic E-state index is 12.8. The highest BCUT2D eigenvalue weighted by atomic mass is 35.5. The molecule has 7 nitrogen and oxygen atoms in total. The molecule has 0 bridgehead atoms. The van der Waals surface area contributed by atoms with Crippen LogP contribution in [0, 0.1) is 0 Å². The first kappa shape index (κ1) is 20.6. The summed E-state index contributed by atoms with van der Waals surface area (Å²) >= 11 is 6.18. The second-order valence-corrected chi connectivity index (χ2v) is 7.95. The molecule has 0 unspecified atom stereocenters. The van der Waals surface area contributed by atoms with Crippen molar-refractivity contribution in [2.24, 2.45) is 0 Å². The number of nitrogens with zero attached hydrogens (tertiary/aromatic N) is 3. The van der Waals surface area contributed by atoms with E-state index in [4.69, 9.17) is 16.3 Å². The van der Waals surface area contributed by atoms with Crippen LogP contribution in [0.4, 0.5) is 0 Å². The lowest BCUT2D eigenvalue weighted by molar-refractivity contribution is -0.160. The molecule has 0 spiro atoms. The number of rotatable bonds is 4. The second-order valence-electron chi connectivity index (χ2n) is 7.54. The van der Waals surface area contributed by atoms with Crippen molar-refractivity contribution in [3.8, 4) is 0 Å². The van der Waals surface area contributed by atoms with Crippen molar-refractivity contribution in [1.29, 1.82) is 0 Å². The monoisotopic (exact) mass is 407 g/mol. The topological polar surface area (TPSA) is 70.2 Å². The lowest BCUT2D eigenvalue weighted by Crippen LogP contribution is -2.61. The molecule has 0 radical (unpaired) electrons. The molecular formula is C20H26ClN3O4. The van der Waals surface area contributed by atoms with E-state index in [1.165, 1.54) is 9.80 Å². The van der Waals surface area contributed by atoms with Crippen molar-refractivity contribution in [2.75, 3.05) is 26.2 Å². The maximum atomic E-state index is 12.8. The predicted molar refractivity (Wildman–Crippen MR) is 105 cm³/mol. The van der Waals surface area contributed by atoms with E-state index < -0.39 is 6.04 Å². The molecule has 1 aromatic rings. The van der Waals surface area contributed by atoms with Crippen LogP contribution in [0.15, 0.2) is 24.3 Å². The lowest BCUT2D eigenvalue weighted by atomic mass is 10.1. The van der Waals surface area contributed by atoms with E-state index in [0.717, 1.165) is 5.56 Å². The van der Waals surface area contributed by atoms with Gasteiger partial charge in [-0.2, -0.15) is 0 Å². The third-order valence-electron chi connectivity index (χ3n) is 5.18. The number of carbonyl (C=O) groups is 3. The van der Waals surface area contributed by atoms with Crippen LogP contribution in [0.2, 0.25) is 5.02 Å². The summed E-state index contributed by atoms with van der Waals surface area (Å²) in [4.78, 5) is 42.8. The Labute approximate surface area is 170 Å². The van der Waals surface area contributed by atoms with Gasteiger partial charge in [0.05, 0.1) is 12.2 Å². The fourth-order valence-corrected chi connectivity index (χ4v) is 3.96. The summed E-state index contributed by atoms with van der Waals surface area (Å²) in [5, 5.41) is 0.559. The first-order valence-electron chi connectivity index (χ1n) is 9.51. The molecule has 3 rings (SSSR count). The number of halogens is 1. The summed E-state index contributed by atoms with van der Waals surface area (Å²) in [7, 11) is 0. The molecule has 28 heavy (non-hydrogen) atoms. The molecule has 2 heterocycles. The number of hydrogen-bond acceptors (Lipinski definition) is 4. The van der Waals surface area contributed by atoms with E-state index in [-0.39, 0.29) is 49.6 Å². The smallest absolute Gasteiger partial charge is 0.245 e. The number of amides is 3. The maximum Gasteiger partial charge on any atom is 0.245 e. The van der Waals surface area contributed by atoms with Crippen LogP contribution < -0.4 is 0 Å². The zero-order valence-electron chi connectivity index (χ0n) is 16.4. The van der Waals surface area contributed by atoms with Gasteiger partial charge in [0, 0.05) is 24.7 Å². The van der Waals surface area contributed by atoms with Crippen LogP contribution in [0.25, 0.3) is 0 Å². The van der Waals surface area contributed by atoms with Gasteiger partial charge in [-0.05, 0) is 32.4 Å². The molecule has 3 atom stereocenters. The van der Waals surface area contributed by atoms with Gasteiger partial charge in [0.25, 0.3) is 0 Å². The molecule has 2 aliphatic heterocycles. The largest absolute Gasteiger partial charge is 0.372 e. The summed E-state index contributed by atoms with van der Waals surface area (Å²) in [5.41, 5.74) is 0.790. The number of morpholine rings is 1. The van der Waals surface area contributed by atoms with Crippen molar-refractivity contribution in [3.05, 3.63) is 34.9 Å². The van der Waals surface area contributed by atoms with E-state index in [1.54, 1.807) is 17.9 Å². The van der Waals surface area contributed by atoms with E-state index >= 15 is 0 Å². The Bertz CT molecular complexity index is 762. The molecular weight excluding hydrogens is 382 g/mol. The highest BCUT2D eigenvalue weighted by molar-refractivity contribution is 6.31. The molecule has 2 saturated heterocycles. The Morgan fingerprint density at radius 3 is 2.43 bits per heavy atom.